The van der Waals surface area contributed by atoms with Gasteiger partial charge in [0.05, 0.1) is 14.6 Å². The van der Waals surface area contributed by atoms with Gasteiger partial charge in [-0.2, -0.15) is 0 Å². The Balaban J connectivity index is 2.53. The minimum Gasteiger partial charge on any atom is -0.448 e. The lowest BCUT2D eigenvalue weighted by Crippen LogP contribution is -2.40. The number of carbonyl (C=O) groups is 1. The van der Waals surface area contributed by atoms with Gasteiger partial charge in [-0.25, -0.2) is 4.79 Å². The first-order valence-corrected chi connectivity index (χ1v) is 7.02. The summed E-state index contributed by atoms with van der Waals surface area (Å²) in [7, 11) is -1.27. The lowest BCUT2D eigenvalue weighted by molar-refractivity contribution is 0.164. The molecule has 4 heteroatoms. The molecule has 1 fully saturated rings. The second-order valence-corrected chi connectivity index (χ2v) is 9.02. The molecule has 1 N–H and O–H groups in total. The predicted molar refractivity (Wildman–Crippen MR) is 41.6 cm³/mol. The number of cyclic esters (lactones) is 1. The van der Waals surface area contributed by atoms with Crippen LogP contribution in [-0.2, 0) is 4.74 Å². The summed E-state index contributed by atoms with van der Waals surface area (Å²) in [5.74, 6) is 0. The predicted octanol–water partition coefficient (Wildman–Crippen LogP) is 0.972. The lowest BCUT2D eigenvalue weighted by Gasteiger charge is -2.21. The first-order valence-electron chi connectivity index (χ1n) is 3.44. The van der Waals surface area contributed by atoms with E-state index in [1.165, 1.54) is 0 Å². The van der Waals surface area contributed by atoms with Crippen LogP contribution in [0.5, 0.6) is 0 Å². The van der Waals surface area contributed by atoms with Crippen LogP contribution in [0.1, 0.15) is 0 Å². The number of rotatable bonds is 1. The van der Waals surface area contributed by atoms with Gasteiger partial charge in [0.1, 0.15) is 5.73 Å². The minimum absolute atomic E-state index is 0.167. The fraction of sp³-hybridized carbons (Fsp3) is 0.833. The van der Waals surface area contributed by atoms with E-state index in [2.05, 4.69) is 25.0 Å². The molecule has 0 aliphatic carbocycles. The zero-order chi connectivity index (χ0) is 7.78. The van der Waals surface area contributed by atoms with Crippen LogP contribution < -0.4 is 5.32 Å². The van der Waals surface area contributed by atoms with Crippen molar-refractivity contribution in [2.75, 3.05) is 6.54 Å². The SMILES string of the molecule is C[Si](C)(C)C1CNC(=O)O1. The summed E-state index contributed by atoms with van der Waals surface area (Å²) in [5.41, 5.74) is 0.167. The summed E-state index contributed by atoms with van der Waals surface area (Å²) >= 11 is 0. The van der Waals surface area contributed by atoms with Crippen molar-refractivity contribution in [3.63, 3.8) is 0 Å². The van der Waals surface area contributed by atoms with Crippen LogP contribution in [-0.4, -0.2) is 26.4 Å². The van der Waals surface area contributed by atoms with Crippen molar-refractivity contribution >= 4 is 14.2 Å². The molecule has 1 atom stereocenters. The largest absolute Gasteiger partial charge is 0.448 e. The molecule has 0 bridgehead atoms. The number of alkyl carbamates (subject to hydrolysis) is 1. The van der Waals surface area contributed by atoms with E-state index < -0.39 is 8.07 Å². The van der Waals surface area contributed by atoms with Gasteiger partial charge >= 0.3 is 6.09 Å². The van der Waals surface area contributed by atoms with Crippen molar-refractivity contribution in [2.24, 2.45) is 0 Å². The number of hydrogen-bond donors (Lipinski definition) is 1. The van der Waals surface area contributed by atoms with Crippen LogP contribution >= 0.6 is 0 Å². The molecule has 58 valence electrons. The molecular weight excluding hydrogens is 146 g/mol. The second kappa shape index (κ2) is 2.27. The normalized spacial score (nSPS) is 25.9. The molecule has 1 amide bonds. The smallest absolute Gasteiger partial charge is 0.407 e. The summed E-state index contributed by atoms with van der Waals surface area (Å²) in [6.45, 7) is 7.28. The Morgan fingerprint density at radius 2 is 2.20 bits per heavy atom. The van der Waals surface area contributed by atoms with E-state index in [-0.39, 0.29) is 11.8 Å². The van der Waals surface area contributed by atoms with E-state index in [0.29, 0.717) is 6.54 Å². The topological polar surface area (TPSA) is 38.3 Å². The average molecular weight is 159 g/mol. The first kappa shape index (κ1) is 7.59. The maximum atomic E-state index is 10.6. The number of nitrogens with one attached hydrogen (secondary N) is 1. The maximum Gasteiger partial charge on any atom is 0.407 e. The third-order valence-electron chi connectivity index (χ3n) is 1.65. The van der Waals surface area contributed by atoms with Crippen molar-refractivity contribution < 1.29 is 9.53 Å². The first-order chi connectivity index (χ1) is 4.50. The zero-order valence-electron chi connectivity index (χ0n) is 6.60. The molecule has 1 aliphatic rings. The van der Waals surface area contributed by atoms with Crippen LogP contribution in [0, 0.1) is 0 Å². The van der Waals surface area contributed by atoms with Crippen LogP contribution in [0.4, 0.5) is 4.79 Å². The molecule has 0 spiro atoms. The Bertz CT molecular complexity index is 152. The molecule has 3 nitrogen and oxygen atoms in total. The van der Waals surface area contributed by atoms with E-state index >= 15 is 0 Å². The number of carbonyl (C=O) groups excluding carboxylic acids is 1. The fourth-order valence-electron chi connectivity index (χ4n) is 0.872. The Hall–Kier alpha value is -0.513. The van der Waals surface area contributed by atoms with Crippen molar-refractivity contribution in [1.82, 2.24) is 5.32 Å². The van der Waals surface area contributed by atoms with Gasteiger partial charge in [-0.3, -0.25) is 0 Å². The summed E-state index contributed by atoms with van der Waals surface area (Å²) in [5, 5.41) is 2.65. The molecule has 0 aromatic heterocycles. The van der Waals surface area contributed by atoms with Gasteiger partial charge in [0.2, 0.25) is 0 Å². The van der Waals surface area contributed by atoms with E-state index in [1.807, 2.05) is 0 Å². The van der Waals surface area contributed by atoms with Gasteiger partial charge in [0.15, 0.2) is 0 Å². The third-order valence-corrected chi connectivity index (χ3v) is 3.90. The number of amides is 1. The van der Waals surface area contributed by atoms with E-state index in [0.717, 1.165) is 0 Å². The summed E-state index contributed by atoms with van der Waals surface area (Å²) < 4.78 is 5.04. The number of ether oxygens (including phenoxy) is 1. The van der Waals surface area contributed by atoms with Crippen molar-refractivity contribution in [3.05, 3.63) is 0 Å². The summed E-state index contributed by atoms with van der Waals surface area (Å²) in [6, 6.07) is 0. The molecule has 1 rings (SSSR count). The molecule has 1 heterocycles. The van der Waals surface area contributed by atoms with Crippen LogP contribution in [0.2, 0.25) is 19.6 Å². The Labute approximate surface area is 61.8 Å². The standard InChI is InChI=1S/C6H13NO2Si/c1-10(2,3)5-4-7-6(8)9-5/h5H,4H2,1-3H3,(H,7,8). The van der Waals surface area contributed by atoms with Crippen LogP contribution in [0.25, 0.3) is 0 Å². The van der Waals surface area contributed by atoms with Crippen molar-refractivity contribution in [2.45, 2.75) is 25.4 Å². The van der Waals surface area contributed by atoms with Crippen LogP contribution in [0.15, 0.2) is 0 Å². The summed E-state index contributed by atoms with van der Waals surface area (Å²) in [4.78, 5) is 10.6. The molecule has 1 aliphatic heterocycles. The maximum absolute atomic E-state index is 10.6. The van der Waals surface area contributed by atoms with Gasteiger partial charge in [-0.1, -0.05) is 19.6 Å². The second-order valence-electron chi connectivity index (χ2n) is 3.64. The molecule has 1 unspecified atom stereocenters. The van der Waals surface area contributed by atoms with Crippen molar-refractivity contribution in [1.29, 1.82) is 0 Å². The molecule has 0 aromatic rings. The fourth-order valence-corrected chi connectivity index (χ4v) is 2.05. The third kappa shape index (κ3) is 1.50. The summed E-state index contributed by atoms with van der Waals surface area (Å²) in [6.07, 6.45) is -0.257. The lowest BCUT2D eigenvalue weighted by atomic mass is 10.7. The van der Waals surface area contributed by atoms with Crippen molar-refractivity contribution in [3.8, 4) is 0 Å². The molecular formula is C6H13NO2Si. The molecule has 0 saturated carbocycles. The quantitative estimate of drug-likeness (QED) is 0.579. The molecule has 10 heavy (non-hydrogen) atoms. The molecule has 0 radical (unpaired) electrons. The monoisotopic (exact) mass is 159 g/mol. The Morgan fingerprint density at radius 1 is 1.60 bits per heavy atom. The highest BCUT2D eigenvalue weighted by Crippen LogP contribution is 2.14. The number of hydrogen-bond acceptors (Lipinski definition) is 2. The van der Waals surface area contributed by atoms with E-state index in [9.17, 15) is 4.79 Å². The van der Waals surface area contributed by atoms with Crippen LogP contribution in [0.3, 0.4) is 0 Å². The van der Waals surface area contributed by atoms with Gasteiger partial charge in [-0.05, 0) is 0 Å². The Kier molecular flexibility index (Phi) is 1.72. The Morgan fingerprint density at radius 3 is 2.40 bits per heavy atom. The molecule has 0 aromatic carbocycles. The van der Waals surface area contributed by atoms with Gasteiger partial charge in [-0.15, -0.1) is 0 Å². The van der Waals surface area contributed by atoms with Gasteiger partial charge < -0.3 is 10.1 Å². The highest BCUT2D eigenvalue weighted by molar-refractivity contribution is 6.77. The highest BCUT2D eigenvalue weighted by Gasteiger charge is 2.34. The molecule has 1 saturated heterocycles. The van der Waals surface area contributed by atoms with E-state index in [4.69, 9.17) is 4.74 Å². The minimum atomic E-state index is -1.27. The van der Waals surface area contributed by atoms with Gasteiger partial charge in [0.25, 0.3) is 0 Å². The average Bonchev–Trinajstić information content (AvgIpc) is 2.11. The van der Waals surface area contributed by atoms with Gasteiger partial charge in [0, 0.05) is 0 Å². The zero-order valence-corrected chi connectivity index (χ0v) is 7.60. The van der Waals surface area contributed by atoms with E-state index in [1.54, 1.807) is 0 Å². The highest BCUT2D eigenvalue weighted by atomic mass is 28.3.